The first kappa shape index (κ1) is 21.8. The van der Waals surface area contributed by atoms with Crippen LogP contribution in [0.4, 0.5) is 5.69 Å². The van der Waals surface area contributed by atoms with Gasteiger partial charge in [-0.25, -0.2) is 0 Å². The maximum absolute atomic E-state index is 12.6. The molecule has 4 rings (SSSR count). The van der Waals surface area contributed by atoms with E-state index in [9.17, 15) is 9.90 Å². The number of halogens is 1. The molecule has 0 radical (unpaired) electrons. The molecule has 32 heavy (non-hydrogen) atoms. The zero-order chi connectivity index (χ0) is 22.7. The number of amides is 1. The summed E-state index contributed by atoms with van der Waals surface area (Å²) in [7, 11) is 0. The summed E-state index contributed by atoms with van der Waals surface area (Å²) in [5.41, 5.74) is 5.45. The van der Waals surface area contributed by atoms with Crippen molar-refractivity contribution in [1.29, 1.82) is 0 Å². The minimum atomic E-state index is -0.331. The second-order valence-corrected chi connectivity index (χ2v) is 7.94. The van der Waals surface area contributed by atoms with Crippen LogP contribution in [-0.2, 0) is 11.2 Å². The largest absolute Gasteiger partial charge is 0.481 e. The average Bonchev–Trinajstić information content (AvgIpc) is 3.19. The number of nitrogens with zero attached hydrogens (tertiary/aromatic N) is 3. The second-order valence-electron chi connectivity index (χ2n) is 7.53. The molecule has 0 aliphatic carbocycles. The Morgan fingerprint density at radius 1 is 1.09 bits per heavy atom. The molecule has 0 aliphatic rings. The number of carbonyl (C=O) groups is 1. The minimum absolute atomic E-state index is 0.0211. The third-order valence-corrected chi connectivity index (χ3v) is 5.28. The molecular weight excluding hydrogens is 428 g/mol. The van der Waals surface area contributed by atoms with Gasteiger partial charge >= 0.3 is 0 Å². The Bertz CT molecular complexity index is 1230. The predicted octanol–water partition coefficient (Wildman–Crippen LogP) is 4.24. The smallest absolute Gasteiger partial charge is 0.262 e. The summed E-state index contributed by atoms with van der Waals surface area (Å²) in [5.74, 6) is 0.122. The van der Waals surface area contributed by atoms with Crippen molar-refractivity contribution in [2.75, 3.05) is 18.5 Å². The second kappa shape index (κ2) is 9.38. The van der Waals surface area contributed by atoms with Gasteiger partial charge in [0.1, 0.15) is 22.5 Å². The Kier molecular flexibility index (Phi) is 6.39. The number of aryl methyl sites for hydroxylation is 2. The quantitative estimate of drug-likeness (QED) is 0.439. The van der Waals surface area contributed by atoms with Crippen molar-refractivity contribution in [2.45, 2.75) is 20.3 Å². The molecule has 7 nitrogen and oxygen atoms in total. The van der Waals surface area contributed by atoms with Crippen molar-refractivity contribution in [2.24, 2.45) is 0 Å². The van der Waals surface area contributed by atoms with Crippen LogP contribution in [0, 0.1) is 13.8 Å². The summed E-state index contributed by atoms with van der Waals surface area (Å²) in [6.45, 7) is 3.65. The number of rotatable bonds is 7. The van der Waals surface area contributed by atoms with Crippen LogP contribution in [0.15, 0.2) is 54.6 Å². The van der Waals surface area contributed by atoms with E-state index in [0.717, 1.165) is 27.7 Å². The number of carbonyl (C=O) groups excluding carboxylic acids is 1. The number of anilines is 1. The number of fused-ring (bicyclic) bond motifs is 1. The van der Waals surface area contributed by atoms with E-state index in [1.165, 1.54) is 4.80 Å². The lowest BCUT2D eigenvalue weighted by Crippen LogP contribution is -2.21. The van der Waals surface area contributed by atoms with Crippen molar-refractivity contribution < 1.29 is 14.6 Å². The van der Waals surface area contributed by atoms with Gasteiger partial charge in [-0.05, 0) is 67.3 Å². The van der Waals surface area contributed by atoms with E-state index in [1.807, 2.05) is 56.3 Å². The van der Waals surface area contributed by atoms with Crippen molar-refractivity contribution in [3.8, 4) is 11.4 Å². The van der Waals surface area contributed by atoms with Gasteiger partial charge in [-0.1, -0.05) is 35.9 Å². The fourth-order valence-electron chi connectivity index (χ4n) is 3.49. The monoisotopic (exact) mass is 450 g/mol. The van der Waals surface area contributed by atoms with E-state index in [4.69, 9.17) is 16.3 Å². The maximum Gasteiger partial charge on any atom is 0.262 e. The number of benzene rings is 3. The van der Waals surface area contributed by atoms with Crippen molar-refractivity contribution in [3.05, 3.63) is 76.3 Å². The first-order valence-corrected chi connectivity index (χ1v) is 10.6. The van der Waals surface area contributed by atoms with Crippen LogP contribution in [0.3, 0.4) is 0 Å². The van der Waals surface area contributed by atoms with Crippen molar-refractivity contribution in [3.63, 3.8) is 0 Å². The van der Waals surface area contributed by atoms with Crippen molar-refractivity contribution in [1.82, 2.24) is 15.0 Å². The highest BCUT2D eigenvalue weighted by Gasteiger charge is 2.15. The minimum Gasteiger partial charge on any atom is -0.481 e. The normalized spacial score (nSPS) is 11.0. The van der Waals surface area contributed by atoms with Crippen LogP contribution in [0.1, 0.15) is 16.7 Å². The van der Waals surface area contributed by atoms with Crippen LogP contribution < -0.4 is 10.1 Å². The molecule has 0 saturated heterocycles. The molecule has 1 amide bonds. The van der Waals surface area contributed by atoms with Gasteiger partial charge in [0.05, 0.1) is 10.7 Å². The Morgan fingerprint density at radius 2 is 1.81 bits per heavy atom. The Morgan fingerprint density at radius 3 is 2.47 bits per heavy atom. The lowest BCUT2D eigenvalue weighted by molar-refractivity contribution is -0.118. The van der Waals surface area contributed by atoms with Crippen LogP contribution in [0.25, 0.3) is 16.7 Å². The van der Waals surface area contributed by atoms with Crippen LogP contribution in [-0.4, -0.2) is 39.2 Å². The summed E-state index contributed by atoms with van der Waals surface area (Å²) in [6, 6.07) is 16.7. The number of aromatic nitrogens is 3. The maximum atomic E-state index is 12.6. The molecule has 2 N–H and O–H groups in total. The molecule has 0 spiro atoms. The third kappa shape index (κ3) is 4.74. The fraction of sp³-hybridized carbons (Fsp3) is 0.208. The van der Waals surface area contributed by atoms with Gasteiger partial charge < -0.3 is 15.2 Å². The molecular formula is C24H23ClN4O3. The molecule has 164 valence electrons. The molecule has 0 unspecified atom stereocenters. The van der Waals surface area contributed by atoms with E-state index in [-0.39, 0.29) is 19.1 Å². The summed E-state index contributed by atoms with van der Waals surface area (Å²) < 4.78 is 5.84. The molecule has 1 heterocycles. The van der Waals surface area contributed by atoms with Gasteiger partial charge in [0, 0.05) is 6.61 Å². The molecule has 0 aliphatic heterocycles. The van der Waals surface area contributed by atoms with Gasteiger partial charge in [-0.3, -0.25) is 4.79 Å². The zero-order valence-electron chi connectivity index (χ0n) is 17.8. The summed E-state index contributed by atoms with van der Waals surface area (Å²) in [6.07, 6.45) is 0.486. The first-order valence-electron chi connectivity index (χ1n) is 10.2. The first-order chi connectivity index (χ1) is 15.4. The van der Waals surface area contributed by atoms with Gasteiger partial charge in [0.15, 0.2) is 6.61 Å². The average molecular weight is 451 g/mol. The number of aliphatic hydroxyl groups excluding tert-OH is 1. The van der Waals surface area contributed by atoms with E-state index in [0.29, 0.717) is 28.6 Å². The number of hydrogen-bond acceptors (Lipinski definition) is 5. The lowest BCUT2D eigenvalue weighted by atomic mass is 10.1. The molecule has 0 atom stereocenters. The molecule has 8 heteroatoms. The Balaban J connectivity index is 1.57. The van der Waals surface area contributed by atoms with Crippen LogP contribution >= 0.6 is 11.6 Å². The number of aliphatic hydroxyl groups is 1. The molecule has 0 saturated carbocycles. The molecule has 0 bridgehead atoms. The van der Waals surface area contributed by atoms with E-state index < -0.39 is 0 Å². The SMILES string of the molecule is Cc1cc(C)c(NC(=O)COc2ccc(CCO)cc2-n2nc3ccccc3n2)c(Cl)c1. The highest BCUT2D eigenvalue weighted by Crippen LogP contribution is 2.28. The number of nitrogens with one attached hydrogen (secondary N) is 1. The van der Waals surface area contributed by atoms with Gasteiger partial charge in [0.2, 0.25) is 0 Å². The fourth-order valence-corrected chi connectivity index (χ4v) is 3.85. The van der Waals surface area contributed by atoms with E-state index in [1.54, 1.807) is 12.1 Å². The lowest BCUT2D eigenvalue weighted by Gasteiger charge is -2.14. The van der Waals surface area contributed by atoms with Gasteiger partial charge in [-0.15, -0.1) is 15.0 Å². The zero-order valence-corrected chi connectivity index (χ0v) is 18.6. The predicted molar refractivity (Wildman–Crippen MR) is 125 cm³/mol. The summed E-state index contributed by atoms with van der Waals surface area (Å²) >= 11 is 6.29. The van der Waals surface area contributed by atoms with Crippen molar-refractivity contribution >= 4 is 34.2 Å². The molecule has 3 aromatic carbocycles. The number of ether oxygens (including phenoxy) is 1. The van der Waals surface area contributed by atoms with E-state index in [2.05, 4.69) is 15.5 Å². The Hall–Kier alpha value is -3.42. The number of hydrogen-bond donors (Lipinski definition) is 2. The van der Waals surface area contributed by atoms with Gasteiger partial charge in [-0.2, -0.15) is 0 Å². The molecule has 4 aromatic rings. The third-order valence-electron chi connectivity index (χ3n) is 4.98. The van der Waals surface area contributed by atoms with Crippen LogP contribution in [0.5, 0.6) is 5.75 Å². The van der Waals surface area contributed by atoms with E-state index >= 15 is 0 Å². The topological polar surface area (TPSA) is 89.3 Å². The summed E-state index contributed by atoms with van der Waals surface area (Å²) in [4.78, 5) is 14.1. The highest BCUT2D eigenvalue weighted by molar-refractivity contribution is 6.34. The van der Waals surface area contributed by atoms with Crippen LogP contribution in [0.2, 0.25) is 5.02 Å². The standard InChI is InChI=1S/C24H23ClN4O3/c1-15-11-16(2)24(18(25)12-15)26-23(31)14-32-22-8-7-17(9-10-30)13-21(22)29-27-19-5-3-4-6-20(19)28-29/h3-8,11-13,30H,9-10,14H2,1-2H3,(H,26,31). The Labute approximate surface area is 190 Å². The highest BCUT2D eigenvalue weighted by atomic mass is 35.5. The molecule has 1 aromatic heterocycles. The van der Waals surface area contributed by atoms with Gasteiger partial charge in [0.25, 0.3) is 5.91 Å². The molecule has 0 fully saturated rings. The summed E-state index contributed by atoms with van der Waals surface area (Å²) in [5, 5.41) is 21.6.